The number of hydrogen-bond acceptors (Lipinski definition) is 6. The normalized spacial score (nSPS) is 16.6. The molecule has 28 heavy (non-hydrogen) atoms. The van der Waals surface area contributed by atoms with E-state index in [-0.39, 0.29) is 17.2 Å². The Morgan fingerprint density at radius 1 is 1.36 bits per heavy atom. The highest BCUT2D eigenvalue weighted by molar-refractivity contribution is 6.01. The number of aromatic carboxylic acids is 1. The van der Waals surface area contributed by atoms with Crippen LogP contribution >= 0.6 is 0 Å². The first-order chi connectivity index (χ1) is 13.5. The Hall–Kier alpha value is -3.37. The fraction of sp³-hybridized carbons (Fsp3) is 0.286. The van der Waals surface area contributed by atoms with Crippen LogP contribution in [0.2, 0.25) is 0 Å². The lowest BCUT2D eigenvalue weighted by molar-refractivity contribution is -0.255. The van der Waals surface area contributed by atoms with Crippen molar-refractivity contribution in [2.75, 3.05) is 13.2 Å². The molecule has 1 N–H and O–H groups in total. The molecule has 7 heteroatoms. The zero-order chi connectivity index (χ0) is 20.1. The van der Waals surface area contributed by atoms with Crippen molar-refractivity contribution in [2.24, 2.45) is 0 Å². The third-order valence-corrected chi connectivity index (χ3v) is 4.61. The molecular weight excluding hydrogens is 360 g/mol. The summed E-state index contributed by atoms with van der Waals surface area (Å²) in [7, 11) is 0. The number of nitrogens with one attached hydrogen (secondary N) is 1. The topological polar surface area (TPSA) is 115 Å². The summed E-state index contributed by atoms with van der Waals surface area (Å²) in [5.74, 6) is -1.01. The van der Waals surface area contributed by atoms with Crippen molar-refractivity contribution in [1.82, 2.24) is 5.32 Å². The molecule has 1 atom stereocenters. The van der Waals surface area contributed by atoms with Gasteiger partial charge in [0.05, 0.1) is 12.1 Å². The SMILES string of the molecule is Cc1c(C(=O)[O-])cccc1-c1ccc(C=C(C#N)C(=O)NCC2CCCO2)o1. The fourth-order valence-electron chi connectivity index (χ4n) is 3.10. The largest absolute Gasteiger partial charge is 0.545 e. The van der Waals surface area contributed by atoms with Crippen molar-refractivity contribution in [3.05, 3.63) is 52.8 Å². The third-order valence-electron chi connectivity index (χ3n) is 4.61. The number of furan rings is 1. The van der Waals surface area contributed by atoms with Crippen LogP contribution in [0.4, 0.5) is 0 Å². The van der Waals surface area contributed by atoms with Gasteiger partial charge in [-0.1, -0.05) is 18.2 Å². The Balaban J connectivity index is 1.77. The summed E-state index contributed by atoms with van der Waals surface area (Å²) in [5.41, 5.74) is 1.11. The average molecular weight is 379 g/mol. The highest BCUT2D eigenvalue weighted by Gasteiger charge is 2.18. The van der Waals surface area contributed by atoms with Crippen molar-refractivity contribution >= 4 is 18.0 Å². The van der Waals surface area contributed by atoms with E-state index in [0.717, 1.165) is 12.8 Å². The molecule has 0 saturated carbocycles. The lowest BCUT2D eigenvalue weighted by atomic mass is 10.0. The van der Waals surface area contributed by atoms with Gasteiger partial charge in [0.15, 0.2) is 0 Å². The van der Waals surface area contributed by atoms with Crippen LogP contribution in [0.15, 0.2) is 40.3 Å². The van der Waals surface area contributed by atoms with Gasteiger partial charge >= 0.3 is 0 Å². The first-order valence-corrected chi connectivity index (χ1v) is 8.92. The number of benzene rings is 1. The van der Waals surface area contributed by atoms with Crippen LogP contribution in [-0.4, -0.2) is 31.1 Å². The van der Waals surface area contributed by atoms with Gasteiger partial charge in [-0.3, -0.25) is 4.79 Å². The fourth-order valence-corrected chi connectivity index (χ4v) is 3.10. The molecule has 2 aromatic rings. The summed E-state index contributed by atoms with van der Waals surface area (Å²) >= 11 is 0. The molecule has 0 bridgehead atoms. The number of nitrogens with zero attached hydrogens (tertiary/aromatic N) is 1. The summed E-state index contributed by atoms with van der Waals surface area (Å²) in [6.45, 7) is 2.71. The number of carbonyl (C=O) groups excluding carboxylic acids is 2. The minimum absolute atomic E-state index is 0.0157. The average Bonchev–Trinajstić information content (AvgIpc) is 3.36. The first-order valence-electron chi connectivity index (χ1n) is 8.92. The molecule has 2 heterocycles. The highest BCUT2D eigenvalue weighted by Crippen LogP contribution is 2.28. The predicted octanol–water partition coefficient (Wildman–Crippen LogP) is 1.82. The molecule has 0 radical (unpaired) electrons. The standard InChI is InChI=1S/C21H20N2O5/c1-13-17(5-2-6-18(13)21(25)26)19-8-7-15(28-19)10-14(11-22)20(24)23-12-16-4-3-9-27-16/h2,5-8,10,16H,3-4,9,12H2,1H3,(H,23,24)(H,25,26)/p-1. The summed E-state index contributed by atoms with van der Waals surface area (Å²) in [6.07, 6.45) is 3.19. The van der Waals surface area contributed by atoms with Crippen LogP contribution in [0.1, 0.15) is 34.5 Å². The molecular formula is C21H19N2O5-. The van der Waals surface area contributed by atoms with Crippen LogP contribution in [0.3, 0.4) is 0 Å². The minimum Gasteiger partial charge on any atom is -0.545 e. The number of nitriles is 1. The molecule has 1 aromatic carbocycles. The maximum atomic E-state index is 12.2. The van der Waals surface area contributed by atoms with Gasteiger partial charge in [-0.05, 0) is 37.5 Å². The molecule has 3 rings (SSSR count). The lowest BCUT2D eigenvalue weighted by Crippen LogP contribution is -2.32. The summed E-state index contributed by atoms with van der Waals surface area (Å²) in [5, 5.41) is 23.2. The molecule has 144 valence electrons. The van der Waals surface area contributed by atoms with E-state index in [0.29, 0.717) is 35.8 Å². The van der Waals surface area contributed by atoms with Gasteiger partial charge in [0.1, 0.15) is 23.2 Å². The van der Waals surface area contributed by atoms with E-state index in [1.165, 1.54) is 12.1 Å². The summed E-state index contributed by atoms with van der Waals surface area (Å²) < 4.78 is 11.1. The van der Waals surface area contributed by atoms with Gasteiger partial charge < -0.3 is 24.4 Å². The van der Waals surface area contributed by atoms with Crippen LogP contribution in [0.5, 0.6) is 0 Å². The number of carbonyl (C=O) groups is 2. The van der Waals surface area contributed by atoms with Crippen LogP contribution < -0.4 is 10.4 Å². The molecule has 1 unspecified atom stereocenters. The highest BCUT2D eigenvalue weighted by atomic mass is 16.5. The zero-order valence-corrected chi connectivity index (χ0v) is 15.4. The molecule has 1 aliphatic rings. The minimum atomic E-state index is -1.26. The molecule has 1 aromatic heterocycles. The zero-order valence-electron chi connectivity index (χ0n) is 15.4. The van der Waals surface area contributed by atoms with Gasteiger partial charge in [-0.25, -0.2) is 0 Å². The summed E-state index contributed by atoms with van der Waals surface area (Å²) in [6, 6.07) is 9.94. The number of carboxylic acid groups (broad SMARTS) is 1. The quantitative estimate of drug-likeness (QED) is 0.605. The maximum absolute atomic E-state index is 12.2. The van der Waals surface area contributed by atoms with Crippen LogP contribution in [-0.2, 0) is 9.53 Å². The van der Waals surface area contributed by atoms with Gasteiger partial charge in [0.2, 0.25) is 0 Å². The number of ether oxygens (including phenoxy) is 1. The molecule has 1 aliphatic heterocycles. The molecule has 1 saturated heterocycles. The van der Waals surface area contributed by atoms with Crippen LogP contribution in [0.25, 0.3) is 17.4 Å². The van der Waals surface area contributed by atoms with E-state index in [9.17, 15) is 20.0 Å². The van der Waals surface area contributed by atoms with Crippen molar-refractivity contribution in [2.45, 2.75) is 25.9 Å². The molecule has 7 nitrogen and oxygen atoms in total. The second-order valence-electron chi connectivity index (χ2n) is 6.48. The van der Waals surface area contributed by atoms with E-state index in [2.05, 4.69) is 5.32 Å². The van der Waals surface area contributed by atoms with Gasteiger partial charge in [-0.2, -0.15) is 5.26 Å². The Morgan fingerprint density at radius 2 is 2.18 bits per heavy atom. The van der Waals surface area contributed by atoms with Gasteiger partial charge in [0.25, 0.3) is 5.91 Å². The van der Waals surface area contributed by atoms with Crippen molar-refractivity contribution < 1.29 is 23.8 Å². The van der Waals surface area contributed by atoms with Crippen molar-refractivity contribution in [3.63, 3.8) is 0 Å². The van der Waals surface area contributed by atoms with E-state index in [1.807, 2.05) is 6.07 Å². The summed E-state index contributed by atoms with van der Waals surface area (Å²) in [4.78, 5) is 23.4. The number of carboxylic acids is 1. The van der Waals surface area contributed by atoms with E-state index in [4.69, 9.17) is 9.15 Å². The van der Waals surface area contributed by atoms with E-state index < -0.39 is 11.9 Å². The lowest BCUT2D eigenvalue weighted by Gasteiger charge is -2.10. The number of rotatable bonds is 6. The molecule has 0 aliphatic carbocycles. The molecule has 0 spiro atoms. The van der Waals surface area contributed by atoms with E-state index >= 15 is 0 Å². The van der Waals surface area contributed by atoms with Crippen molar-refractivity contribution in [3.8, 4) is 17.4 Å². The van der Waals surface area contributed by atoms with Gasteiger partial charge in [0, 0.05) is 30.4 Å². The second-order valence-corrected chi connectivity index (χ2v) is 6.48. The third kappa shape index (κ3) is 4.30. The van der Waals surface area contributed by atoms with E-state index in [1.54, 1.807) is 31.2 Å². The van der Waals surface area contributed by atoms with Gasteiger partial charge in [-0.15, -0.1) is 0 Å². The second kappa shape index (κ2) is 8.55. The molecule has 1 fully saturated rings. The van der Waals surface area contributed by atoms with Crippen LogP contribution in [0, 0.1) is 18.3 Å². The number of amides is 1. The Bertz CT molecular complexity index is 961. The Morgan fingerprint density at radius 3 is 2.86 bits per heavy atom. The smallest absolute Gasteiger partial charge is 0.262 e. The molecule has 1 amide bonds. The maximum Gasteiger partial charge on any atom is 0.262 e. The predicted molar refractivity (Wildman–Crippen MR) is 98.8 cm³/mol. The number of hydrogen-bond donors (Lipinski definition) is 1. The Labute approximate surface area is 162 Å². The first kappa shape index (κ1) is 19.4. The Kier molecular flexibility index (Phi) is 5.92. The van der Waals surface area contributed by atoms with Crippen molar-refractivity contribution in [1.29, 1.82) is 5.26 Å². The monoisotopic (exact) mass is 379 g/mol.